The van der Waals surface area contributed by atoms with Gasteiger partial charge >= 0.3 is 55.4 Å². The highest BCUT2D eigenvalue weighted by Gasteiger charge is 2.92. The maximum absolute atomic E-state index is 15.5. The van der Waals surface area contributed by atoms with Crippen LogP contribution in [-0.2, 0) is 18.9 Å². The summed E-state index contributed by atoms with van der Waals surface area (Å²) in [6, 6.07) is 0. The van der Waals surface area contributed by atoms with Gasteiger partial charge in [-0.15, -0.1) is 0 Å². The third kappa shape index (κ3) is 8.06. The van der Waals surface area contributed by atoms with Crippen molar-refractivity contribution in [2.45, 2.75) is 72.2 Å². The average Bonchev–Trinajstić information content (AvgIpc) is 2.86. The van der Waals surface area contributed by atoms with E-state index >= 15 is 26.3 Å². The molecule has 51 heavy (non-hydrogen) atoms. The average molecular weight is 833 g/mol. The highest BCUT2D eigenvalue weighted by molar-refractivity contribution is 5.10. The number of rotatable bonds is 16. The Balaban J connectivity index is 9.01. The van der Waals surface area contributed by atoms with Crippen LogP contribution in [0.4, 0.5) is 119 Å². The second kappa shape index (κ2) is 14.3. The molecule has 0 spiro atoms. The first-order chi connectivity index (χ1) is 22.1. The van der Waals surface area contributed by atoms with Crippen molar-refractivity contribution >= 4 is 0 Å². The fourth-order valence-corrected chi connectivity index (χ4v) is 3.35. The van der Waals surface area contributed by atoms with E-state index in [1.54, 1.807) is 0 Å². The Morgan fingerprint density at radius 2 is 0.549 bits per heavy atom. The SMILES string of the molecule is NCCOCC(C(F)(F)OC(CF)(C(F)(F)F)C(F)(F)F)(C(F)(F)OC(CF)(C(F)(F)F)C(F)(F)F)C(F)(F)OC(CF)(C(F)(F)F)C(F)(F)F. The van der Waals surface area contributed by atoms with Gasteiger partial charge in [0.05, 0.1) is 13.2 Å². The van der Waals surface area contributed by atoms with Gasteiger partial charge in [0.15, 0.2) is 0 Å². The molecule has 0 aromatic carbocycles. The van der Waals surface area contributed by atoms with Gasteiger partial charge in [-0.2, -0.15) is 105 Å². The lowest BCUT2D eigenvalue weighted by Gasteiger charge is -2.52. The molecule has 0 rings (SSSR count). The standard InChI is InChI=1S/C19H14F27NO4/c20-3-8(11(23,24)25,12(26,27)28)49-17(41,42)7(6-48-2-1-47,18(43,44)50-9(4-21,13(29,30)31)14(32,33)34)19(45,46)51-10(5-22,15(35,36)37)16(38,39)40/h1-6,47H2. The molecule has 0 saturated heterocycles. The molecule has 0 saturated carbocycles. The van der Waals surface area contributed by atoms with Crippen LogP contribution in [0.1, 0.15) is 0 Å². The van der Waals surface area contributed by atoms with Gasteiger partial charge < -0.3 is 10.5 Å². The number of ether oxygens (including phenoxy) is 4. The monoisotopic (exact) mass is 833 g/mol. The molecule has 5 nitrogen and oxygen atoms in total. The van der Waals surface area contributed by atoms with Crippen molar-refractivity contribution in [2.24, 2.45) is 11.1 Å². The van der Waals surface area contributed by atoms with E-state index < -0.39 is 117 Å². The molecule has 0 unspecified atom stereocenters. The molecule has 32 heteroatoms. The van der Waals surface area contributed by atoms with Gasteiger partial charge in [0.2, 0.25) is 0 Å². The first kappa shape index (κ1) is 48.9. The Kier molecular flexibility index (Phi) is 13.7. The minimum Gasteiger partial charge on any atom is -0.379 e. The zero-order valence-electron chi connectivity index (χ0n) is 23.2. The molecule has 2 N–H and O–H groups in total. The summed E-state index contributed by atoms with van der Waals surface area (Å²) >= 11 is 0. The third-order valence-electron chi connectivity index (χ3n) is 6.29. The first-order valence-corrected chi connectivity index (χ1v) is 11.7. The smallest absolute Gasteiger partial charge is 0.379 e. The lowest BCUT2D eigenvalue weighted by molar-refractivity contribution is -0.570. The molecule has 0 aromatic rings. The molecule has 0 heterocycles. The molecule has 308 valence electrons. The summed E-state index contributed by atoms with van der Waals surface area (Å²) in [6.07, 6.45) is -74.2. The van der Waals surface area contributed by atoms with Gasteiger partial charge in [0, 0.05) is 6.54 Å². The zero-order chi connectivity index (χ0) is 41.6. The minimum atomic E-state index is -8.75. The number of halogens is 27. The predicted octanol–water partition coefficient (Wildman–Crippen LogP) is 8.28. The van der Waals surface area contributed by atoms with Gasteiger partial charge in [-0.25, -0.2) is 13.2 Å². The number of nitrogens with two attached hydrogens (primary N) is 1. The Bertz CT molecular complexity index is 959. The normalized spacial score (nSPS) is 16.2. The summed E-state index contributed by atoms with van der Waals surface area (Å²) in [6.45, 7) is -22.3. The van der Waals surface area contributed by atoms with Crippen LogP contribution in [0.2, 0.25) is 0 Å². The van der Waals surface area contributed by atoms with E-state index in [1.165, 1.54) is 0 Å². The highest BCUT2D eigenvalue weighted by atomic mass is 19.4. The van der Waals surface area contributed by atoms with Crippen molar-refractivity contribution in [1.29, 1.82) is 0 Å². The van der Waals surface area contributed by atoms with Crippen LogP contribution in [0.25, 0.3) is 0 Å². The van der Waals surface area contributed by atoms with E-state index in [9.17, 15) is 92.2 Å². The summed E-state index contributed by atoms with van der Waals surface area (Å²) in [5, 5.41) is 0. The summed E-state index contributed by atoms with van der Waals surface area (Å²) in [4.78, 5) is 0. The van der Waals surface area contributed by atoms with Crippen LogP contribution < -0.4 is 5.73 Å². The van der Waals surface area contributed by atoms with E-state index in [0.29, 0.717) is 0 Å². The second-order valence-electron chi connectivity index (χ2n) is 9.47. The summed E-state index contributed by atoms with van der Waals surface area (Å²) in [5.74, 6) is 0. The van der Waals surface area contributed by atoms with Crippen molar-refractivity contribution < 1.29 is 137 Å². The summed E-state index contributed by atoms with van der Waals surface area (Å²) in [7, 11) is 0. The molecule has 0 radical (unpaired) electrons. The van der Waals surface area contributed by atoms with E-state index in [2.05, 4.69) is 10.5 Å². The van der Waals surface area contributed by atoms with Gasteiger partial charge in [0.1, 0.15) is 20.0 Å². The summed E-state index contributed by atoms with van der Waals surface area (Å²) in [5.41, 5.74) is -26.7. The maximum atomic E-state index is 15.5. The van der Waals surface area contributed by atoms with Crippen LogP contribution in [0.5, 0.6) is 0 Å². The van der Waals surface area contributed by atoms with E-state index in [-0.39, 0.29) is 0 Å². The molecule has 0 aliphatic rings. The fourth-order valence-electron chi connectivity index (χ4n) is 3.35. The molecular weight excluding hydrogens is 819 g/mol. The highest BCUT2D eigenvalue weighted by Crippen LogP contribution is 2.66. The van der Waals surface area contributed by atoms with Crippen LogP contribution in [0.15, 0.2) is 0 Å². The molecule has 0 amide bonds. The molecule has 0 atom stereocenters. The molecule has 0 aliphatic carbocycles. The number of hydrogen-bond acceptors (Lipinski definition) is 5. The van der Waals surface area contributed by atoms with Crippen LogP contribution in [-0.4, -0.2) is 112 Å². The molecule has 0 bridgehead atoms. The van der Waals surface area contributed by atoms with Gasteiger partial charge in [-0.05, 0) is 0 Å². The largest absolute Gasteiger partial charge is 0.429 e. The maximum Gasteiger partial charge on any atom is 0.429 e. The molecule has 0 aliphatic heterocycles. The van der Waals surface area contributed by atoms with Crippen molar-refractivity contribution in [3.05, 3.63) is 0 Å². The van der Waals surface area contributed by atoms with E-state index in [0.717, 1.165) is 0 Å². The number of alkyl halides is 27. The number of hydrogen-bond donors (Lipinski definition) is 1. The topological polar surface area (TPSA) is 62.9 Å². The first-order valence-electron chi connectivity index (χ1n) is 11.7. The predicted molar refractivity (Wildman–Crippen MR) is 103 cm³/mol. The second-order valence-corrected chi connectivity index (χ2v) is 9.47. The lowest BCUT2D eigenvalue weighted by Crippen LogP contribution is -2.77. The lowest BCUT2D eigenvalue weighted by atomic mass is 9.82. The van der Waals surface area contributed by atoms with Gasteiger partial charge in [0.25, 0.3) is 22.2 Å². The minimum absolute atomic E-state index is 1.57. The molecule has 0 aromatic heterocycles. The molecular formula is C19H14F27NO4. The van der Waals surface area contributed by atoms with E-state index in [4.69, 9.17) is 0 Å². The van der Waals surface area contributed by atoms with Gasteiger partial charge in [-0.3, -0.25) is 14.2 Å². The van der Waals surface area contributed by atoms with Crippen molar-refractivity contribution in [1.82, 2.24) is 0 Å². The summed E-state index contributed by atoms with van der Waals surface area (Å²) < 4.78 is 383. The van der Waals surface area contributed by atoms with Gasteiger partial charge in [-0.1, -0.05) is 0 Å². The Morgan fingerprint density at radius 3 is 0.686 bits per heavy atom. The zero-order valence-corrected chi connectivity index (χ0v) is 23.2. The Labute approximate surface area is 262 Å². The van der Waals surface area contributed by atoms with Crippen molar-refractivity contribution in [3.8, 4) is 0 Å². The van der Waals surface area contributed by atoms with Crippen LogP contribution >= 0.6 is 0 Å². The quantitative estimate of drug-likeness (QED) is 0.125. The molecule has 0 fully saturated rings. The van der Waals surface area contributed by atoms with Crippen LogP contribution in [0.3, 0.4) is 0 Å². The third-order valence-corrected chi connectivity index (χ3v) is 6.29. The van der Waals surface area contributed by atoms with Crippen molar-refractivity contribution in [3.63, 3.8) is 0 Å². The van der Waals surface area contributed by atoms with Crippen molar-refractivity contribution in [2.75, 3.05) is 39.8 Å². The van der Waals surface area contributed by atoms with Crippen LogP contribution in [0, 0.1) is 5.41 Å². The Morgan fingerprint density at radius 1 is 0.353 bits per heavy atom. The van der Waals surface area contributed by atoms with E-state index in [1.807, 2.05) is 14.2 Å². The fraction of sp³-hybridized carbons (Fsp3) is 1.00. The Hall–Kier alpha value is -2.09.